The number of ether oxygens (including phenoxy) is 3. The molecule has 1 N–H and O–H groups in total. The summed E-state index contributed by atoms with van der Waals surface area (Å²) in [6.07, 6.45) is 0.867. The quantitative estimate of drug-likeness (QED) is 0.577. The van der Waals surface area contributed by atoms with Gasteiger partial charge in [0.1, 0.15) is 12.3 Å². The van der Waals surface area contributed by atoms with Gasteiger partial charge in [0.2, 0.25) is 5.56 Å². The molecule has 0 bridgehead atoms. The van der Waals surface area contributed by atoms with Gasteiger partial charge < -0.3 is 21.6 Å². The third-order valence-electron chi connectivity index (χ3n) is 3.32. The van der Waals surface area contributed by atoms with Crippen LogP contribution in [0.4, 0.5) is 0 Å². The van der Waals surface area contributed by atoms with Crippen LogP contribution in [0.1, 0.15) is 18.2 Å². The molecule has 2 rings (SSSR count). The molecular weight excluding hydrogens is 377 g/mol. The van der Waals surface area contributed by atoms with E-state index in [9.17, 15) is 9.59 Å². The van der Waals surface area contributed by atoms with E-state index in [2.05, 4.69) is 23.7 Å². The van der Waals surface area contributed by atoms with Gasteiger partial charge in [-0.1, -0.05) is 0 Å². The molecule has 3 atom stereocenters. The average Bonchev–Trinajstić information content (AvgIpc) is 2.85. The summed E-state index contributed by atoms with van der Waals surface area (Å²) < 4.78 is 17.5. The Hall–Kier alpha value is -0.906. The predicted octanol–water partition coefficient (Wildman–Crippen LogP) is 0.119. The molecule has 1 radical (unpaired) electrons. The molecule has 125 valence electrons. The van der Waals surface area contributed by atoms with Crippen LogP contribution in [0.15, 0.2) is 15.8 Å². The number of methoxy groups -OCH3 is 2. The van der Waals surface area contributed by atoms with E-state index in [1.807, 2.05) is 0 Å². The number of nitrogens with zero attached hydrogens (tertiary/aromatic N) is 1. The van der Waals surface area contributed by atoms with Gasteiger partial charge in [-0.15, -0.1) is 0 Å². The third kappa shape index (κ3) is 5.03. The fraction of sp³-hybridized carbons (Fsp3) is 0.467. The van der Waals surface area contributed by atoms with E-state index < -0.39 is 17.5 Å². The van der Waals surface area contributed by atoms with Gasteiger partial charge in [0.05, 0.1) is 12.7 Å². The van der Waals surface area contributed by atoms with Crippen molar-refractivity contribution in [2.24, 2.45) is 0 Å². The van der Waals surface area contributed by atoms with Crippen molar-refractivity contribution in [2.75, 3.05) is 20.8 Å². The van der Waals surface area contributed by atoms with Crippen LogP contribution in [0, 0.1) is 26.2 Å². The molecule has 1 saturated heterocycles. The molecule has 0 aliphatic carbocycles. The molecule has 0 spiro atoms. The zero-order valence-corrected chi connectivity index (χ0v) is 16.3. The summed E-state index contributed by atoms with van der Waals surface area (Å²) in [5.41, 5.74) is -0.924. The van der Waals surface area contributed by atoms with Crippen molar-refractivity contribution in [1.82, 2.24) is 9.55 Å². The van der Waals surface area contributed by atoms with Crippen LogP contribution in [0.2, 0.25) is 0 Å². The molecular formula is C15H20N2O5Y-2. The number of aromatic nitrogens is 2. The molecule has 8 heteroatoms. The van der Waals surface area contributed by atoms with Crippen molar-refractivity contribution in [3.63, 3.8) is 0 Å². The van der Waals surface area contributed by atoms with E-state index in [4.69, 9.17) is 14.2 Å². The van der Waals surface area contributed by atoms with E-state index in [1.165, 1.54) is 10.8 Å². The van der Waals surface area contributed by atoms with Crippen LogP contribution in [0.3, 0.4) is 0 Å². The fourth-order valence-electron chi connectivity index (χ4n) is 2.32. The summed E-state index contributed by atoms with van der Waals surface area (Å²) >= 11 is 0. The number of rotatable bonds is 4. The Balaban J connectivity index is 0.00000242. The average molecular weight is 397 g/mol. The Morgan fingerprint density at radius 3 is 2.74 bits per heavy atom. The summed E-state index contributed by atoms with van der Waals surface area (Å²) in [4.78, 5) is 25.8. The first-order valence-corrected chi connectivity index (χ1v) is 6.41. The van der Waals surface area contributed by atoms with Crippen LogP contribution in [0.25, 0.3) is 0 Å². The maximum absolute atomic E-state index is 11.9. The zero-order valence-electron chi connectivity index (χ0n) is 13.5. The second-order valence-corrected chi connectivity index (χ2v) is 4.61. The summed E-state index contributed by atoms with van der Waals surface area (Å²) in [5, 5.41) is 0. The Labute approximate surface area is 160 Å². The standard InChI is InChI=1S/C14H17N2O5.CH3.Y/c1-4-5-9-7-16(14(18)15-13(9)17)12-6-10(20-3)11(21-12)8-19-2;;/h7,10-12H,1,6,8H2,2-3H3,(H,15,17,18);1H3;/q2*-1;/t10?,11-,12-;;/m1../s1. The van der Waals surface area contributed by atoms with Crippen LogP contribution in [-0.2, 0) is 46.9 Å². The molecule has 0 saturated carbocycles. The molecule has 1 aromatic heterocycles. The van der Waals surface area contributed by atoms with E-state index >= 15 is 0 Å². The molecule has 7 nitrogen and oxygen atoms in total. The summed E-state index contributed by atoms with van der Waals surface area (Å²) in [5.74, 6) is 4.94. The van der Waals surface area contributed by atoms with Crippen molar-refractivity contribution in [3.8, 4) is 11.8 Å². The number of aromatic amines is 1. The number of hydrogen-bond donors (Lipinski definition) is 1. The molecule has 1 aromatic rings. The van der Waals surface area contributed by atoms with Crippen molar-refractivity contribution < 1.29 is 46.9 Å². The van der Waals surface area contributed by atoms with Gasteiger partial charge in [-0.25, -0.2) is 4.79 Å². The Morgan fingerprint density at radius 2 is 2.17 bits per heavy atom. The topological polar surface area (TPSA) is 82.6 Å². The van der Waals surface area contributed by atoms with Gasteiger partial charge >= 0.3 is 5.69 Å². The van der Waals surface area contributed by atoms with Crippen LogP contribution in [0.5, 0.6) is 0 Å². The molecule has 23 heavy (non-hydrogen) atoms. The molecule has 1 aliphatic heterocycles. The van der Waals surface area contributed by atoms with Crippen LogP contribution >= 0.6 is 0 Å². The van der Waals surface area contributed by atoms with E-state index in [-0.39, 0.29) is 57.9 Å². The minimum atomic E-state index is -0.549. The maximum Gasteiger partial charge on any atom is 0.330 e. The van der Waals surface area contributed by atoms with Gasteiger partial charge in [0.25, 0.3) is 0 Å². The normalized spacial score (nSPS) is 22.4. The van der Waals surface area contributed by atoms with Crippen molar-refractivity contribution in [2.45, 2.75) is 24.9 Å². The maximum atomic E-state index is 11.9. The second kappa shape index (κ2) is 10.1. The van der Waals surface area contributed by atoms with Crippen molar-refractivity contribution in [1.29, 1.82) is 0 Å². The van der Waals surface area contributed by atoms with Gasteiger partial charge in [0, 0.05) is 65.1 Å². The van der Waals surface area contributed by atoms with E-state index in [1.54, 1.807) is 14.2 Å². The Kier molecular flexibility index (Phi) is 9.67. The molecule has 1 unspecified atom stereocenters. The Morgan fingerprint density at radius 1 is 1.48 bits per heavy atom. The first-order valence-electron chi connectivity index (χ1n) is 6.41. The molecule has 1 fully saturated rings. The largest absolute Gasteiger partial charge is 0.382 e. The predicted molar refractivity (Wildman–Crippen MR) is 81.2 cm³/mol. The van der Waals surface area contributed by atoms with E-state index in [0.29, 0.717) is 13.0 Å². The fourth-order valence-corrected chi connectivity index (χ4v) is 2.32. The third-order valence-corrected chi connectivity index (χ3v) is 3.32. The summed E-state index contributed by atoms with van der Waals surface area (Å²) in [6, 6.07) is 0. The Bertz CT molecular complexity index is 673. The summed E-state index contributed by atoms with van der Waals surface area (Å²) in [7, 11) is 3.14. The molecule has 0 amide bonds. The molecule has 2 heterocycles. The smallest absolute Gasteiger partial charge is 0.330 e. The van der Waals surface area contributed by atoms with Crippen LogP contribution < -0.4 is 11.2 Å². The van der Waals surface area contributed by atoms with E-state index in [0.717, 1.165) is 0 Å². The first-order chi connectivity index (χ1) is 10.1. The minimum absolute atomic E-state index is 0. The SMILES string of the molecule is [CH2-]C#Cc1cn([C@H]2CC(OC)[C@@H](COC)O2)c(=O)[nH]c1=O.[CH3-].[Y]. The van der Waals surface area contributed by atoms with Crippen LogP contribution in [-0.4, -0.2) is 42.6 Å². The summed E-state index contributed by atoms with van der Waals surface area (Å²) in [6.45, 7) is 3.72. The molecule has 0 aromatic carbocycles. The zero-order chi connectivity index (χ0) is 15.4. The van der Waals surface area contributed by atoms with Gasteiger partial charge in [0.15, 0.2) is 0 Å². The number of hydrogen-bond acceptors (Lipinski definition) is 5. The minimum Gasteiger partial charge on any atom is -0.382 e. The second-order valence-electron chi connectivity index (χ2n) is 4.61. The van der Waals surface area contributed by atoms with Gasteiger partial charge in [-0.3, -0.25) is 26.2 Å². The van der Waals surface area contributed by atoms with Gasteiger partial charge in [-0.05, 0) is 0 Å². The monoisotopic (exact) mass is 397 g/mol. The number of nitrogens with one attached hydrogen (secondary N) is 1. The molecule has 1 aliphatic rings. The first kappa shape index (κ1) is 22.1. The van der Waals surface area contributed by atoms with Crippen molar-refractivity contribution in [3.05, 3.63) is 46.9 Å². The number of H-pyrrole nitrogens is 1. The van der Waals surface area contributed by atoms with Gasteiger partial charge in [-0.2, -0.15) is 6.92 Å². The van der Waals surface area contributed by atoms with Crippen molar-refractivity contribution >= 4 is 0 Å².